The Morgan fingerprint density at radius 1 is 1.16 bits per heavy atom. The Bertz CT molecular complexity index is 842. The Kier molecular flexibility index (Phi) is 5.67. The average molecular weight is 337 g/mol. The first-order valence-corrected chi connectivity index (χ1v) is 8.59. The van der Waals surface area contributed by atoms with Gasteiger partial charge in [-0.15, -0.1) is 0 Å². The molecule has 5 heteroatoms. The average Bonchev–Trinajstić information content (AvgIpc) is 2.98. The zero-order valence-electron chi connectivity index (χ0n) is 14.4. The van der Waals surface area contributed by atoms with E-state index in [1.165, 1.54) is 0 Å². The largest absolute Gasteiger partial charge is 0.491 e. The van der Waals surface area contributed by atoms with E-state index >= 15 is 0 Å². The van der Waals surface area contributed by atoms with Crippen LogP contribution in [-0.4, -0.2) is 29.1 Å². The van der Waals surface area contributed by atoms with Gasteiger partial charge in [-0.3, -0.25) is 4.79 Å². The van der Waals surface area contributed by atoms with Crippen molar-refractivity contribution in [2.75, 3.05) is 13.2 Å². The van der Waals surface area contributed by atoms with E-state index in [4.69, 9.17) is 9.72 Å². The molecule has 0 atom stereocenters. The zero-order valence-corrected chi connectivity index (χ0v) is 14.4. The first-order valence-electron chi connectivity index (χ1n) is 8.59. The van der Waals surface area contributed by atoms with Gasteiger partial charge in [0.1, 0.15) is 18.2 Å². The molecular formula is C20H23N3O2. The molecule has 0 aliphatic heterocycles. The SMILES string of the molecule is Cc1ccccc1OCCn1c(CCCNC=O)nc2ccccc21. The summed E-state index contributed by atoms with van der Waals surface area (Å²) in [4.78, 5) is 15.1. The van der Waals surface area contributed by atoms with Crippen molar-refractivity contribution in [1.29, 1.82) is 0 Å². The third kappa shape index (κ3) is 4.18. The number of amides is 1. The summed E-state index contributed by atoms with van der Waals surface area (Å²) in [7, 11) is 0. The van der Waals surface area contributed by atoms with Crippen LogP contribution in [0.15, 0.2) is 48.5 Å². The highest BCUT2D eigenvalue weighted by Gasteiger charge is 2.10. The van der Waals surface area contributed by atoms with E-state index in [0.29, 0.717) is 13.2 Å². The number of fused-ring (bicyclic) bond motifs is 1. The Morgan fingerprint density at radius 2 is 1.96 bits per heavy atom. The van der Waals surface area contributed by atoms with Crippen molar-refractivity contribution >= 4 is 17.4 Å². The van der Waals surface area contributed by atoms with E-state index in [2.05, 4.69) is 16.0 Å². The number of rotatable bonds is 9. The third-order valence-corrected chi connectivity index (χ3v) is 4.20. The number of carbonyl (C=O) groups excluding carboxylic acids is 1. The van der Waals surface area contributed by atoms with Gasteiger partial charge in [0.15, 0.2) is 0 Å². The maximum Gasteiger partial charge on any atom is 0.207 e. The van der Waals surface area contributed by atoms with Crippen LogP contribution in [0.5, 0.6) is 5.75 Å². The Labute approximate surface area is 147 Å². The van der Waals surface area contributed by atoms with Gasteiger partial charge in [0.05, 0.1) is 17.6 Å². The van der Waals surface area contributed by atoms with Gasteiger partial charge in [-0.05, 0) is 37.1 Å². The lowest BCUT2D eigenvalue weighted by atomic mass is 10.2. The van der Waals surface area contributed by atoms with E-state index in [1.807, 2.05) is 49.4 Å². The molecule has 0 fully saturated rings. The number of nitrogens with one attached hydrogen (secondary N) is 1. The first-order chi connectivity index (χ1) is 12.3. The van der Waals surface area contributed by atoms with Crippen LogP contribution in [0.25, 0.3) is 11.0 Å². The Morgan fingerprint density at radius 3 is 2.80 bits per heavy atom. The summed E-state index contributed by atoms with van der Waals surface area (Å²) < 4.78 is 8.17. The van der Waals surface area contributed by atoms with Crippen molar-refractivity contribution < 1.29 is 9.53 Å². The molecule has 1 amide bonds. The number of aryl methyl sites for hydroxylation is 2. The minimum atomic E-state index is 0.588. The second-order valence-electron chi connectivity index (χ2n) is 5.96. The lowest BCUT2D eigenvalue weighted by Gasteiger charge is -2.12. The molecule has 0 bridgehead atoms. The van der Waals surface area contributed by atoms with Gasteiger partial charge < -0.3 is 14.6 Å². The highest BCUT2D eigenvalue weighted by Crippen LogP contribution is 2.19. The molecule has 130 valence electrons. The van der Waals surface area contributed by atoms with E-state index < -0.39 is 0 Å². The summed E-state index contributed by atoms with van der Waals surface area (Å²) in [5, 5.41) is 2.70. The number of para-hydroxylation sites is 3. The van der Waals surface area contributed by atoms with Crippen LogP contribution in [0.4, 0.5) is 0 Å². The van der Waals surface area contributed by atoms with Crippen molar-refractivity contribution in [1.82, 2.24) is 14.9 Å². The molecule has 0 unspecified atom stereocenters. The molecule has 3 aromatic rings. The molecule has 0 saturated carbocycles. The number of carbonyl (C=O) groups is 1. The highest BCUT2D eigenvalue weighted by molar-refractivity contribution is 5.75. The van der Waals surface area contributed by atoms with Crippen molar-refractivity contribution in [3.05, 3.63) is 59.9 Å². The fraction of sp³-hybridized carbons (Fsp3) is 0.300. The summed E-state index contributed by atoms with van der Waals surface area (Å²) in [5.74, 6) is 1.95. The van der Waals surface area contributed by atoms with Crippen LogP contribution in [0.2, 0.25) is 0 Å². The molecule has 1 aromatic heterocycles. The minimum absolute atomic E-state index is 0.588. The first kappa shape index (κ1) is 17.0. The van der Waals surface area contributed by atoms with Crippen LogP contribution in [0, 0.1) is 6.92 Å². The van der Waals surface area contributed by atoms with E-state index in [0.717, 1.165) is 54.0 Å². The molecular weight excluding hydrogens is 314 g/mol. The highest BCUT2D eigenvalue weighted by atomic mass is 16.5. The van der Waals surface area contributed by atoms with E-state index in [9.17, 15) is 4.79 Å². The molecule has 0 saturated heterocycles. The van der Waals surface area contributed by atoms with Gasteiger partial charge in [0.25, 0.3) is 0 Å². The molecule has 0 radical (unpaired) electrons. The summed E-state index contributed by atoms with van der Waals surface area (Å²) in [6.45, 7) is 4.04. The molecule has 1 heterocycles. The van der Waals surface area contributed by atoms with Gasteiger partial charge in [-0.25, -0.2) is 4.98 Å². The van der Waals surface area contributed by atoms with Gasteiger partial charge in [-0.1, -0.05) is 30.3 Å². The Hall–Kier alpha value is -2.82. The molecule has 2 aromatic carbocycles. The minimum Gasteiger partial charge on any atom is -0.491 e. The number of hydrogen-bond acceptors (Lipinski definition) is 3. The molecule has 0 aliphatic carbocycles. The summed E-state index contributed by atoms with van der Waals surface area (Å²) in [6.07, 6.45) is 2.42. The standard InChI is InChI=1S/C20H23N3O2/c1-16-7-2-5-10-19(16)25-14-13-23-18-9-4-3-8-17(18)22-20(23)11-6-12-21-15-24/h2-5,7-10,15H,6,11-14H2,1H3,(H,21,24). The molecule has 0 spiro atoms. The molecule has 25 heavy (non-hydrogen) atoms. The normalized spacial score (nSPS) is 10.8. The number of nitrogens with zero attached hydrogens (tertiary/aromatic N) is 2. The lowest BCUT2D eigenvalue weighted by molar-refractivity contribution is -0.109. The van der Waals surface area contributed by atoms with Crippen LogP contribution in [0.1, 0.15) is 17.8 Å². The molecule has 1 N–H and O–H groups in total. The van der Waals surface area contributed by atoms with Crippen LogP contribution >= 0.6 is 0 Å². The topological polar surface area (TPSA) is 56.1 Å². The Balaban J connectivity index is 1.72. The van der Waals surface area contributed by atoms with Crippen molar-refractivity contribution in [2.24, 2.45) is 0 Å². The van der Waals surface area contributed by atoms with Gasteiger partial charge in [-0.2, -0.15) is 0 Å². The van der Waals surface area contributed by atoms with Crippen LogP contribution in [0.3, 0.4) is 0 Å². The zero-order chi connectivity index (χ0) is 17.5. The number of imidazole rings is 1. The second kappa shape index (κ2) is 8.33. The number of benzene rings is 2. The maximum absolute atomic E-state index is 10.4. The quantitative estimate of drug-likeness (QED) is 0.482. The monoisotopic (exact) mass is 337 g/mol. The summed E-state index contributed by atoms with van der Waals surface area (Å²) in [6, 6.07) is 16.2. The smallest absolute Gasteiger partial charge is 0.207 e. The third-order valence-electron chi connectivity index (χ3n) is 4.20. The maximum atomic E-state index is 10.4. The second-order valence-corrected chi connectivity index (χ2v) is 5.96. The molecule has 5 nitrogen and oxygen atoms in total. The van der Waals surface area contributed by atoms with E-state index in [1.54, 1.807) is 0 Å². The fourth-order valence-corrected chi connectivity index (χ4v) is 2.94. The van der Waals surface area contributed by atoms with Gasteiger partial charge in [0, 0.05) is 13.0 Å². The lowest BCUT2D eigenvalue weighted by Crippen LogP contribution is -2.15. The number of ether oxygens (including phenoxy) is 1. The molecule has 3 rings (SSSR count). The van der Waals surface area contributed by atoms with Crippen molar-refractivity contribution in [3.63, 3.8) is 0 Å². The number of aromatic nitrogens is 2. The predicted molar refractivity (Wildman–Crippen MR) is 98.8 cm³/mol. The fourth-order valence-electron chi connectivity index (χ4n) is 2.94. The van der Waals surface area contributed by atoms with Gasteiger partial charge >= 0.3 is 0 Å². The summed E-state index contributed by atoms with van der Waals surface area (Å²) >= 11 is 0. The van der Waals surface area contributed by atoms with Crippen molar-refractivity contribution in [3.8, 4) is 5.75 Å². The van der Waals surface area contributed by atoms with Crippen LogP contribution < -0.4 is 10.1 Å². The summed E-state index contributed by atoms with van der Waals surface area (Å²) in [5.41, 5.74) is 3.25. The van der Waals surface area contributed by atoms with E-state index in [-0.39, 0.29) is 0 Å². The number of hydrogen-bond donors (Lipinski definition) is 1. The van der Waals surface area contributed by atoms with Gasteiger partial charge in [0.2, 0.25) is 6.41 Å². The van der Waals surface area contributed by atoms with Crippen molar-refractivity contribution in [2.45, 2.75) is 26.3 Å². The molecule has 0 aliphatic rings. The predicted octanol–water partition coefficient (Wildman–Crippen LogP) is 3.10. The van der Waals surface area contributed by atoms with Crippen LogP contribution in [-0.2, 0) is 17.8 Å².